The molecule has 0 aliphatic carbocycles. The van der Waals surface area contributed by atoms with Crippen molar-refractivity contribution >= 4 is 11.9 Å². The van der Waals surface area contributed by atoms with Gasteiger partial charge < -0.3 is 10.2 Å². The Hall–Kier alpha value is -1.06. The van der Waals surface area contributed by atoms with Gasteiger partial charge in [-0.05, 0) is 12.8 Å². The van der Waals surface area contributed by atoms with Gasteiger partial charge in [-0.15, -0.1) is 0 Å². The number of aliphatic carboxylic acids is 2. The van der Waals surface area contributed by atoms with Crippen LogP contribution in [0.2, 0.25) is 0 Å². The molecular formula is C11H24O4. The van der Waals surface area contributed by atoms with E-state index in [4.69, 9.17) is 10.2 Å². The third kappa shape index (κ3) is 12.9. The van der Waals surface area contributed by atoms with E-state index in [1.165, 1.54) is 0 Å². The fraction of sp³-hybridized carbons (Fsp3) is 0.818. The van der Waals surface area contributed by atoms with E-state index < -0.39 is 11.9 Å². The summed E-state index contributed by atoms with van der Waals surface area (Å²) in [5.41, 5.74) is 0. The average molecular weight is 220 g/mol. The van der Waals surface area contributed by atoms with Crippen LogP contribution in [-0.2, 0) is 9.59 Å². The Bertz CT molecular complexity index is 157. The molecule has 2 atom stereocenters. The first-order chi connectivity index (χ1) is 6.36. The standard InChI is InChI=1S/2C5H10O2.CH4/c2*1-3-4(2)5(6)7;/h2*4H,3H2,1-2H3,(H,6,7);1H4. The summed E-state index contributed by atoms with van der Waals surface area (Å²) in [5, 5.41) is 16.4. The highest BCUT2D eigenvalue weighted by Crippen LogP contribution is 1.98. The summed E-state index contributed by atoms with van der Waals surface area (Å²) < 4.78 is 0. The normalized spacial score (nSPS) is 12.5. The summed E-state index contributed by atoms with van der Waals surface area (Å²) in [7, 11) is 0. The lowest BCUT2D eigenvalue weighted by atomic mass is 10.1. The zero-order valence-corrected chi connectivity index (χ0v) is 9.28. The summed E-state index contributed by atoms with van der Waals surface area (Å²) in [6.45, 7) is 7.11. The Morgan fingerprint density at radius 2 is 1.13 bits per heavy atom. The van der Waals surface area contributed by atoms with Crippen molar-refractivity contribution in [1.29, 1.82) is 0 Å². The van der Waals surface area contributed by atoms with Gasteiger partial charge in [0.1, 0.15) is 0 Å². The highest BCUT2D eigenvalue weighted by Gasteiger charge is 2.05. The van der Waals surface area contributed by atoms with Crippen molar-refractivity contribution in [2.45, 2.75) is 48.0 Å². The largest absolute Gasteiger partial charge is 0.481 e. The fourth-order valence-electron chi connectivity index (χ4n) is 0.349. The molecule has 0 aliphatic heterocycles. The molecule has 0 rings (SSSR count). The summed E-state index contributed by atoms with van der Waals surface area (Å²) in [4.78, 5) is 19.9. The number of hydrogen-bond acceptors (Lipinski definition) is 2. The van der Waals surface area contributed by atoms with Crippen LogP contribution >= 0.6 is 0 Å². The van der Waals surface area contributed by atoms with Crippen LogP contribution < -0.4 is 0 Å². The summed E-state index contributed by atoms with van der Waals surface area (Å²) in [6.07, 6.45) is 1.44. The molecular weight excluding hydrogens is 196 g/mol. The summed E-state index contributed by atoms with van der Waals surface area (Å²) in [6, 6.07) is 0. The zero-order valence-electron chi connectivity index (χ0n) is 9.28. The van der Waals surface area contributed by atoms with Crippen molar-refractivity contribution in [3.8, 4) is 0 Å². The molecule has 0 aromatic carbocycles. The minimum Gasteiger partial charge on any atom is -0.481 e. The monoisotopic (exact) mass is 220 g/mol. The third-order valence-corrected chi connectivity index (χ3v) is 2.07. The molecule has 92 valence electrons. The van der Waals surface area contributed by atoms with Gasteiger partial charge in [-0.25, -0.2) is 0 Å². The van der Waals surface area contributed by atoms with Crippen molar-refractivity contribution in [1.82, 2.24) is 0 Å². The lowest BCUT2D eigenvalue weighted by Crippen LogP contribution is -2.06. The minimum absolute atomic E-state index is 0. The van der Waals surface area contributed by atoms with Crippen molar-refractivity contribution < 1.29 is 19.8 Å². The third-order valence-electron chi connectivity index (χ3n) is 2.07. The second-order valence-corrected chi connectivity index (χ2v) is 3.30. The molecule has 4 heteroatoms. The molecule has 2 unspecified atom stereocenters. The predicted octanol–water partition coefficient (Wildman–Crippen LogP) is 2.87. The smallest absolute Gasteiger partial charge is 0.306 e. The molecule has 2 N–H and O–H groups in total. The topological polar surface area (TPSA) is 74.6 Å². The Balaban J connectivity index is -0.000000180. The zero-order chi connectivity index (χ0) is 11.7. The van der Waals surface area contributed by atoms with E-state index in [1.54, 1.807) is 13.8 Å². The summed E-state index contributed by atoms with van der Waals surface area (Å²) >= 11 is 0. The lowest BCUT2D eigenvalue weighted by molar-refractivity contribution is -0.142. The first-order valence-electron chi connectivity index (χ1n) is 4.82. The van der Waals surface area contributed by atoms with E-state index in [0.29, 0.717) is 0 Å². The molecule has 0 aliphatic rings. The van der Waals surface area contributed by atoms with Crippen molar-refractivity contribution in [3.63, 3.8) is 0 Å². The van der Waals surface area contributed by atoms with Gasteiger partial charge in [0.2, 0.25) is 0 Å². The van der Waals surface area contributed by atoms with E-state index in [-0.39, 0.29) is 19.3 Å². The quantitative estimate of drug-likeness (QED) is 0.764. The molecule has 0 radical (unpaired) electrons. The second-order valence-electron chi connectivity index (χ2n) is 3.30. The maximum atomic E-state index is 9.93. The average Bonchev–Trinajstić information content (AvgIpc) is 2.15. The van der Waals surface area contributed by atoms with Crippen molar-refractivity contribution in [2.75, 3.05) is 0 Å². The van der Waals surface area contributed by atoms with Crippen LogP contribution in [-0.4, -0.2) is 22.2 Å². The van der Waals surface area contributed by atoms with Crippen LogP contribution in [0.5, 0.6) is 0 Å². The molecule has 4 nitrogen and oxygen atoms in total. The van der Waals surface area contributed by atoms with Crippen LogP contribution in [0.3, 0.4) is 0 Å². The van der Waals surface area contributed by atoms with E-state index in [9.17, 15) is 9.59 Å². The molecule has 0 aromatic heterocycles. The molecule has 0 aromatic rings. The van der Waals surface area contributed by atoms with Gasteiger partial charge in [-0.1, -0.05) is 35.1 Å². The van der Waals surface area contributed by atoms with Crippen LogP contribution in [0.1, 0.15) is 48.0 Å². The Kier molecular flexibility index (Phi) is 14.3. The van der Waals surface area contributed by atoms with Gasteiger partial charge >= 0.3 is 11.9 Å². The van der Waals surface area contributed by atoms with Crippen LogP contribution in [0.15, 0.2) is 0 Å². The predicted molar refractivity (Wildman–Crippen MR) is 60.9 cm³/mol. The number of rotatable bonds is 4. The molecule has 15 heavy (non-hydrogen) atoms. The van der Waals surface area contributed by atoms with E-state index >= 15 is 0 Å². The number of carboxylic acids is 2. The fourth-order valence-corrected chi connectivity index (χ4v) is 0.349. The van der Waals surface area contributed by atoms with Gasteiger partial charge in [-0.3, -0.25) is 9.59 Å². The molecule has 0 saturated heterocycles. The molecule has 0 heterocycles. The second kappa shape index (κ2) is 11.0. The van der Waals surface area contributed by atoms with Crippen molar-refractivity contribution in [3.05, 3.63) is 0 Å². The van der Waals surface area contributed by atoms with Gasteiger partial charge in [0.05, 0.1) is 11.8 Å². The highest BCUT2D eigenvalue weighted by atomic mass is 16.4. The van der Waals surface area contributed by atoms with Crippen LogP contribution in [0.4, 0.5) is 0 Å². The number of carbonyl (C=O) groups is 2. The first kappa shape index (κ1) is 19.5. The highest BCUT2D eigenvalue weighted by molar-refractivity contribution is 5.69. The minimum atomic E-state index is -0.706. The maximum Gasteiger partial charge on any atom is 0.306 e. The summed E-state index contributed by atoms with van der Waals surface area (Å²) in [5.74, 6) is -1.77. The maximum absolute atomic E-state index is 9.93. The molecule has 0 bridgehead atoms. The SMILES string of the molecule is C.CCC(C)C(=O)O.CCC(C)C(=O)O. The molecule has 0 amide bonds. The van der Waals surface area contributed by atoms with Crippen LogP contribution in [0, 0.1) is 11.8 Å². The number of hydrogen-bond donors (Lipinski definition) is 2. The van der Waals surface area contributed by atoms with Gasteiger partial charge in [0.25, 0.3) is 0 Å². The molecule has 0 saturated carbocycles. The van der Waals surface area contributed by atoms with Gasteiger partial charge in [0, 0.05) is 0 Å². The van der Waals surface area contributed by atoms with Crippen molar-refractivity contribution in [2.24, 2.45) is 11.8 Å². The van der Waals surface area contributed by atoms with E-state index in [1.807, 2.05) is 13.8 Å². The van der Waals surface area contributed by atoms with E-state index in [2.05, 4.69) is 0 Å². The first-order valence-corrected chi connectivity index (χ1v) is 4.82. The Labute approximate surface area is 92.3 Å². The lowest BCUT2D eigenvalue weighted by Gasteiger charge is -1.96. The van der Waals surface area contributed by atoms with Gasteiger partial charge in [-0.2, -0.15) is 0 Å². The molecule has 0 spiro atoms. The van der Waals surface area contributed by atoms with E-state index in [0.717, 1.165) is 12.8 Å². The van der Waals surface area contributed by atoms with Gasteiger partial charge in [0.15, 0.2) is 0 Å². The van der Waals surface area contributed by atoms with Crippen LogP contribution in [0.25, 0.3) is 0 Å². The Morgan fingerprint density at radius 1 is 0.933 bits per heavy atom. The number of carboxylic acid groups (broad SMARTS) is 2. The Morgan fingerprint density at radius 3 is 1.13 bits per heavy atom. The molecule has 0 fully saturated rings.